The number of anilines is 3. The lowest BCUT2D eigenvalue weighted by atomic mass is 9.67. The lowest BCUT2D eigenvalue weighted by molar-refractivity contribution is 0.769. The Morgan fingerprint density at radius 1 is 0.275 bits per heavy atom. The van der Waals surface area contributed by atoms with Crippen molar-refractivity contribution in [2.75, 3.05) is 4.90 Å². The van der Waals surface area contributed by atoms with Crippen molar-refractivity contribution in [2.45, 2.75) is 5.41 Å². The van der Waals surface area contributed by atoms with Crippen molar-refractivity contribution in [3.63, 3.8) is 0 Å². The molecule has 1 heterocycles. The van der Waals surface area contributed by atoms with Gasteiger partial charge in [0.05, 0.1) is 16.4 Å². The van der Waals surface area contributed by atoms with Crippen LogP contribution in [0.15, 0.2) is 279 Å². The van der Waals surface area contributed by atoms with Crippen LogP contribution in [0.2, 0.25) is 0 Å². The van der Waals surface area contributed by atoms with Gasteiger partial charge in [-0.1, -0.05) is 212 Å². The van der Waals surface area contributed by atoms with Gasteiger partial charge in [0.15, 0.2) is 0 Å². The maximum atomic E-state index is 2.50. The molecule has 0 spiro atoms. The number of fused-ring (bicyclic) bond motifs is 6. The van der Waals surface area contributed by atoms with E-state index in [1.54, 1.807) is 0 Å². The first-order valence-corrected chi connectivity index (χ1v) is 23.8. The van der Waals surface area contributed by atoms with E-state index < -0.39 is 5.41 Å². The third-order valence-corrected chi connectivity index (χ3v) is 14.3. The van der Waals surface area contributed by atoms with E-state index in [0.717, 1.165) is 33.8 Å². The SMILES string of the molecule is c1ccc(-c2ccc(N(c3ccc(-c4cc5c(cc4-c4ccccc4)C(c4ccccc4)(c4ccccc4)c4ccccc4-5)cc3)c3ccc4c5ccccc5n(-c5ccccc5)c4c3)cc2)cc1. The van der Waals surface area contributed by atoms with Gasteiger partial charge in [0, 0.05) is 33.5 Å². The summed E-state index contributed by atoms with van der Waals surface area (Å²) in [6, 6.07) is 102. The molecule has 0 saturated carbocycles. The lowest BCUT2D eigenvalue weighted by Gasteiger charge is -2.34. The molecule has 0 N–H and O–H groups in total. The highest BCUT2D eigenvalue weighted by Gasteiger charge is 2.46. The molecular weight excluding hydrogens is 833 g/mol. The van der Waals surface area contributed by atoms with Crippen LogP contribution < -0.4 is 4.90 Å². The molecule has 0 bridgehead atoms. The smallest absolute Gasteiger partial charge is 0.0713 e. The van der Waals surface area contributed by atoms with E-state index in [2.05, 4.69) is 289 Å². The Bertz CT molecular complexity index is 3750. The van der Waals surface area contributed by atoms with Crippen LogP contribution in [0.25, 0.3) is 72.0 Å². The molecule has 2 heteroatoms. The minimum Gasteiger partial charge on any atom is -0.310 e. The molecule has 0 amide bonds. The molecule has 0 radical (unpaired) electrons. The van der Waals surface area contributed by atoms with Crippen molar-refractivity contribution < 1.29 is 0 Å². The Hall–Kier alpha value is -8.98. The van der Waals surface area contributed by atoms with Gasteiger partial charge in [0.2, 0.25) is 0 Å². The fraction of sp³-hybridized carbons (Fsp3) is 0.0149. The monoisotopic (exact) mass is 878 g/mol. The van der Waals surface area contributed by atoms with Crippen LogP contribution in [0.1, 0.15) is 22.3 Å². The Balaban J connectivity index is 0.998. The first-order chi connectivity index (χ1) is 34.2. The summed E-state index contributed by atoms with van der Waals surface area (Å²) >= 11 is 0. The third kappa shape index (κ3) is 6.64. The zero-order chi connectivity index (χ0) is 45.7. The van der Waals surface area contributed by atoms with E-state index in [-0.39, 0.29) is 0 Å². The number of hydrogen-bond acceptors (Lipinski definition) is 1. The maximum absolute atomic E-state index is 2.50. The highest BCUT2D eigenvalue weighted by molar-refractivity contribution is 6.10. The standard InChI is InChI=1S/C67H46N2/c1-6-20-47(21-7-1)48-34-38-54(39-35-48)68(56-42-43-59-58-31-17-19-33-65(58)69(66(59)44-56)53-28-14-5-15-29-53)55-40-36-50(37-41-55)60-45-62-57-30-16-18-32-63(57)67(51-24-10-3-11-25-51,52-26-12-4-13-27-52)64(62)46-61(60)49-22-8-2-9-23-49/h1-46H. The lowest BCUT2D eigenvalue weighted by Crippen LogP contribution is -2.28. The van der Waals surface area contributed by atoms with Crippen molar-refractivity contribution in [3.8, 4) is 50.2 Å². The zero-order valence-corrected chi connectivity index (χ0v) is 38.0. The highest BCUT2D eigenvalue weighted by Crippen LogP contribution is 2.58. The van der Waals surface area contributed by atoms with E-state index in [1.165, 1.54) is 77.5 Å². The molecule has 0 aliphatic heterocycles. The molecule has 0 saturated heterocycles. The van der Waals surface area contributed by atoms with E-state index >= 15 is 0 Å². The number of nitrogens with zero attached hydrogens (tertiary/aromatic N) is 2. The molecule has 324 valence electrons. The first kappa shape index (κ1) is 40.3. The van der Waals surface area contributed by atoms with E-state index in [9.17, 15) is 0 Å². The number of hydrogen-bond donors (Lipinski definition) is 0. The van der Waals surface area contributed by atoms with Gasteiger partial charge < -0.3 is 9.47 Å². The Kier molecular flexibility index (Phi) is 9.77. The summed E-state index contributed by atoms with van der Waals surface area (Å²) in [4.78, 5) is 2.40. The van der Waals surface area contributed by atoms with Crippen LogP contribution in [0.5, 0.6) is 0 Å². The predicted molar refractivity (Wildman–Crippen MR) is 289 cm³/mol. The fourth-order valence-corrected chi connectivity index (χ4v) is 11.2. The van der Waals surface area contributed by atoms with E-state index in [1.807, 2.05) is 0 Å². The molecule has 1 aliphatic carbocycles. The van der Waals surface area contributed by atoms with E-state index in [0.29, 0.717) is 0 Å². The summed E-state index contributed by atoms with van der Waals surface area (Å²) in [5.41, 5.74) is 21.0. The molecule has 1 aromatic heterocycles. The normalized spacial score (nSPS) is 12.5. The van der Waals surface area contributed by atoms with Crippen LogP contribution in [-0.4, -0.2) is 4.57 Å². The molecule has 1 aliphatic rings. The van der Waals surface area contributed by atoms with Gasteiger partial charge in [-0.15, -0.1) is 0 Å². The molecule has 0 atom stereocenters. The number of aromatic nitrogens is 1. The Morgan fingerprint density at radius 3 is 1.39 bits per heavy atom. The zero-order valence-electron chi connectivity index (χ0n) is 38.0. The molecule has 0 fully saturated rings. The Labute approximate surface area is 403 Å². The summed E-state index contributed by atoms with van der Waals surface area (Å²) in [5.74, 6) is 0. The molecule has 2 nitrogen and oxygen atoms in total. The topological polar surface area (TPSA) is 8.17 Å². The van der Waals surface area contributed by atoms with Crippen molar-refractivity contribution in [1.82, 2.24) is 4.57 Å². The maximum Gasteiger partial charge on any atom is 0.0713 e. The summed E-state index contributed by atoms with van der Waals surface area (Å²) < 4.78 is 2.40. The minimum absolute atomic E-state index is 0.496. The molecule has 12 aromatic rings. The van der Waals surface area contributed by atoms with Crippen LogP contribution in [-0.2, 0) is 5.41 Å². The van der Waals surface area contributed by atoms with Crippen molar-refractivity contribution in [1.29, 1.82) is 0 Å². The molecule has 11 aromatic carbocycles. The average Bonchev–Trinajstić information content (AvgIpc) is 3.92. The van der Waals surface area contributed by atoms with Gasteiger partial charge in [-0.05, 0) is 133 Å². The third-order valence-electron chi connectivity index (χ3n) is 14.3. The van der Waals surface area contributed by atoms with Gasteiger partial charge in [-0.3, -0.25) is 0 Å². The number of benzene rings is 11. The summed E-state index contributed by atoms with van der Waals surface area (Å²) in [7, 11) is 0. The summed E-state index contributed by atoms with van der Waals surface area (Å²) in [6.07, 6.45) is 0. The quantitative estimate of drug-likeness (QED) is 0.140. The fourth-order valence-electron chi connectivity index (χ4n) is 11.2. The van der Waals surface area contributed by atoms with Gasteiger partial charge in [-0.25, -0.2) is 0 Å². The van der Waals surface area contributed by atoms with E-state index in [4.69, 9.17) is 0 Å². The van der Waals surface area contributed by atoms with Gasteiger partial charge >= 0.3 is 0 Å². The minimum atomic E-state index is -0.496. The molecule has 69 heavy (non-hydrogen) atoms. The largest absolute Gasteiger partial charge is 0.310 e. The second kappa shape index (κ2) is 16.7. The van der Waals surface area contributed by atoms with Gasteiger partial charge in [0.25, 0.3) is 0 Å². The molecular formula is C67H46N2. The summed E-state index contributed by atoms with van der Waals surface area (Å²) in [6.45, 7) is 0. The van der Waals surface area contributed by atoms with Gasteiger partial charge in [0.1, 0.15) is 0 Å². The number of rotatable bonds is 9. The van der Waals surface area contributed by atoms with Crippen LogP contribution in [0, 0.1) is 0 Å². The van der Waals surface area contributed by atoms with Crippen molar-refractivity contribution >= 4 is 38.9 Å². The number of para-hydroxylation sites is 2. The second-order valence-electron chi connectivity index (χ2n) is 18.0. The van der Waals surface area contributed by atoms with Crippen molar-refractivity contribution in [3.05, 3.63) is 301 Å². The van der Waals surface area contributed by atoms with Crippen molar-refractivity contribution in [2.24, 2.45) is 0 Å². The second-order valence-corrected chi connectivity index (χ2v) is 18.0. The highest BCUT2D eigenvalue weighted by atomic mass is 15.1. The molecule has 13 rings (SSSR count). The van der Waals surface area contributed by atoms with Gasteiger partial charge in [-0.2, -0.15) is 0 Å². The Morgan fingerprint density at radius 2 is 0.739 bits per heavy atom. The van der Waals surface area contributed by atoms with Crippen LogP contribution in [0.4, 0.5) is 17.1 Å². The average molecular weight is 879 g/mol. The predicted octanol–water partition coefficient (Wildman–Crippen LogP) is 17.6. The summed E-state index contributed by atoms with van der Waals surface area (Å²) in [5, 5.41) is 2.46. The first-order valence-electron chi connectivity index (χ1n) is 23.8. The van der Waals surface area contributed by atoms with Crippen LogP contribution >= 0.6 is 0 Å². The van der Waals surface area contributed by atoms with Crippen LogP contribution in [0.3, 0.4) is 0 Å². The molecule has 0 unspecified atom stereocenters.